The Balaban J connectivity index is 1.85. The SMILES string of the molecule is CCCCCn1c(C(C)NC(=O)c2ccccn2)nc2ccccc21. The fourth-order valence-corrected chi connectivity index (χ4v) is 3.01. The van der Waals surface area contributed by atoms with Crippen molar-refractivity contribution in [2.75, 3.05) is 0 Å². The Labute approximate surface area is 148 Å². The molecule has 0 radical (unpaired) electrons. The van der Waals surface area contributed by atoms with Gasteiger partial charge in [0.15, 0.2) is 0 Å². The highest BCUT2D eigenvalue weighted by Crippen LogP contribution is 2.22. The summed E-state index contributed by atoms with van der Waals surface area (Å²) in [7, 11) is 0. The highest BCUT2D eigenvalue weighted by molar-refractivity contribution is 5.92. The molecule has 0 spiro atoms. The van der Waals surface area contributed by atoms with Crippen LogP contribution in [0.2, 0.25) is 0 Å². The lowest BCUT2D eigenvalue weighted by Crippen LogP contribution is -2.29. The molecule has 1 amide bonds. The number of nitrogens with zero attached hydrogens (tertiary/aromatic N) is 3. The molecule has 1 aromatic carbocycles. The molecule has 0 aliphatic rings. The maximum Gasteiger partial charge on any atom is 0.270 e. The van der Waals surface area contributed by atoms with Crippen LogP contribution in [0.1, 0.15) is 55.5 Å². The summed E-state index contributed by atoms with van der Waals surface area (Å²) in [6, 6.07) is 13.3. The van der Waals surface area contributed by atoms with Crippen molar-refractivity contribution in [3.8, 4) is 0 Å². The van der Waals surface area contributed by atoms with Crippen molar-refractivity contribution in [3.63, 3.8) is 0 Å². The molecule has 0 saturated carbocycles. The van der Waals surface area contributed by atoms with E-state index in [0.29, 0.717) is 5.69 Å². The monoisotopic (exact) mass is 336 g/mol. The van der Waals surface area contributed by atoms with Crippen LogP contribution < -0.4 is 5.32 Å². The largest absolute Gasteiger partial charge is 0.341 e. The molecule has 3 aromatic rings. The molecule has 1 N–H and O–H groups in total. The Kier molecular flexibility index (Phi) is 5.43. The van der Waals surface area contributed by atoms with Crippen LogP contribution in [-0.4, -0.2) is 20.4 Å². The minimum absolute atomic E-state index is 0.180. The van der Waals surface area contributed by atoms with E-state index in [-0.39, 0.29) is 11.9 Å². The maximum absolute atomic E-state index is 12.4. The van der Waals surface area contributed by atoms with E-state index in [1.165, 1.54) is 12.8 Å². The number of nitrogens with one attached hydrogen (secondary N) is 1. The first kappa shape index (κ1) is 17.1. The van der Waals surface area contributed by atoms with E-state index in [0.717, 1.165) is 29.8 Å². The summed E-state index contributed by atoms with van der Waals surface area (Å²) in [6.45, 7) is 5.08. The number of unbranched alkanes of at least 4 members (excludes halogenated alkanes) is 2. The molecule has 0 saturated heterocycles. The molecule has 3 rings (SSSR count). The number of aryl methyl sites for hydroxylation is 1. The maximum atomic E-state index is 12.4. The summed E-state index contributed by atoms with van der Waals surface area (Å²) in [5, 5.41) is 3.02. The number of imidazole rings is 1. The molecule has 0 fully saturated rings. The minimum atomic E-state index is -0.191. The zero-order chi connectivity index (χ0) is 17.6. The zero-order valence-electron chi connectivity index (χ0n) is 14.8. The van der Waals surface area contributed by atoms with E-state index < -0.39 is 0 Å². The fraction of sp³-hybridized carbons (Fsp3) is 0.350. The number of carbonyl (C=O) groups excluding carboxylic acids is 1. The van der Waals surface area contributed by atoms with Crippen LogP contribution in [0.25, 0.3) is 11.0 Å². The first-order valence-electron chi connectivity index (χ1n) is 8.87. The molecule has 2 aromatic heterocycles. The van der Waals surface area contributed by atoms with Gasteiger partial charge in [0.25, 0.3) is 5.91 Å². The van der Waals surface area contributed by atoms with Crippen molar-refractivity contribution in [3.05, 3.63) is 60.2 Å². The van der Waals surface area contributed by atoms with Crippen molar-refractivity contribution in [1.82, 2.24) is 19.9 Å². The molecular formula is C20H24N4O. The molecule has 0 aliphatic carbocycles. The standard InChI is InChI=1S/C20H24N4O/c1-3-4-9-14-24-18-12-6-5-10-16(18)23-19(24)15(2)22-20(25)17-11-7-8-13-21-17/h5-8,10-13,15H,3-4,9,14H2,1-2H3,(H,22,25). The summed E-state index contributed by atoms with van der Waals surface area (Å²) in [5.74, 6) is 0.710. The van der Waals surface area contributed by atoms with Crippen molar-refractivity contribution in [1.29, 1.82) is 0 Å². The third-order valence-corrected chi connectivity index (χ3v) is 4.30. The number of para-hydroxylation sites is 2. The van der Waals surface area contributed by atoms with Crippen LogP contribution in [-0.2, 0) is 6.54 Å². The lowest BCUT2D eigenvalue weighted by Gasteiger charge is -2.16. The van der Waals surface area contributed by atoms with Crippen LogP contribution in [0.3, 0.4) is 0 Å². The summed E-state index contributed by atoms with van der Waals surface area (Å²) in [5.41, 5.74) is 2.50. The quantitative estimate of drug-likeness (QED) is 0.660. The molecule has 25 heavy (non-hydrogen) atoms. The summed E-state index contributed by atoms with van der Waals surface area (Å²) in [6.07, 6.45) is 5.08. The van der Waals surface area contributed by atoms with E-state index in [4.69, 9.17) is 4.98 Å². The number of hydrogen-bond donors (Lipinski definition) is 1. The van der Waals surface area contributed by atoms with Gasteiger partial charge in [0, 0.05) is 12.7 Å². The Morgan fingerprint density at radius 1 is 1.16 bits per heavy atom. The molecule has 5 nitrogen and oxygen atoms in total. The van der Waals surface area contributed by atoms with Crippen molar-refractivity contribution < 1.29 is 4.79 Å². The molecule has 1 atom stereocenters. The first-order chi connectivity index (χ1) is 12.2. The van der Waals surface area contributed by atoms with Crippen molar-refractivity contribution in [2.24, 2.45) is 0 Å². The van der Waals surface area contributed by atoms with Crippen LogP contribution in [0.15, 0.2) is 48.7 Å². The predicted octanol–water partition coefficient (Wildman–Crippen LogP) is 4.11. The van der Waals surface area contributed by atoms with Crippen LogP contribution >= 0.6 is 0 Å². The average molecular weight is 336 g/mol. The minimum Gasteiger partial charge on any atom is -0.341 e. The molecule has 0 aliphatic heterocycles. The number of hydrogen-bond acceptors (Lipinski definition) is 3. The van der Waals surface area contributed by atoms with Crippen molar-refractivity contribution in [2.45, 2.75) is 45.7 Å². The lowest BCUT2D eigenvalue weighted by atomic mass is 10.2. The fourth-order valence-electron chi connectivity index (χ4n) is 3.01. The number of rotatable bonds is 7. The Morgan fingerprint density at radius 3 is 2.72 bits per heavy atom. The van der Waals surface area contributed by atoms with Gasteiger partial charge in [0.05, 0.1) is 17.1 Å². The number of carbonyl (C=O) groups is 1. The van der Waals surface area contributed by atoms with Gasteiger partial charge >= 0.3 is 0 Å². The van der Waals surface area contributed by atoms with Gasteiger partial charge in [-0.2, -0.15) is 0 Å². The van der Waals surface area contributed by atoms with Gasteiger partial charge in [0.1, 0.15) is 11.5 Å². The second-order valence-electron chi connectivity index (χ2n) is 6.23. The molecule has 0 bridgehead atoms. The second kappa shape index (κ2) is 7.92. The van der Waals surface area contributed by atoms with Crippen LogP contribution in [0, 0.1) is 0 Å². The molecule has 2 heterocycles. The molecule has 1 unspecified atom stereocenters. The van der Waals surface area contributed by atoms with Gasteiger partial charge in [-0.05, 0) is 37.6 Å². The van der Waals surface area contributed by atoms with E-state index in [2.05, 4.69) is 27.9 Å². The van der Waals surface area contributed by atoms with Crippen LogP contribution in [0.5, 0.6) is 0 Å². The van der Waals surface area contributed by atoms with Gasteiger partial charge in [-0.1, -0.05) is 38.0 Å². The Morgan fingerprint density at radius 2 is 1.96 bits per heavy atom. The third-order valence-electron chi connectivity index (χ3n) is 4.30. The number of amides is 1. The topological polar surface area (TPSA) is 59.8 Å². The summed E-state index contributed by atoms with van der Waals surface area (Å²) >= 11 is 0. The molecule has 5 heteroatoms. The van der Waals surface area contributed by atoms with E-state index in [1.807, 2.05) is 31.2 Å². The smallest absolute Gasteiger partial charge is 0.270 e. The molecular weight excluding hydrogens is 312 g/mol. The normalized spacial score (nSPS) is 12.2. The lowest BCUT2D eigenvalue weighted by molar-refractivity contribution is 0.0932. The Hall–Kier alpha value is -2.69. The van der Waals surface area contributed by atoms with Gasteiger partial charge in [-0.3, -0.25) is 9.78 Å². The van der Waals surface area contributed by atoms with Gasteiger partial charge < -0.3 is 9.88 Å². The number of benzene rings is 1. The third kappa shape index (κ3) is 3.87. The van der Waals surface area contributed by atoms with E-state index in [9.17, 15) is 4.79 Å². The van der Waals surface area contributed by atoms with Gasteiger partial charge in [-0.25, -0.2) is 4.98 Å². The summed E-state index contributed by atoms with van der Waals surface area (Å²) in [4.78, 5) is 21.3. The van der Waals surface area contributed by atoms with E-state index in [1.54, 1.807) is 18.3 Å². The van der Waals surface area contributed by atoms with Gasteiger partial charge in [-0.15, -0.1) is 0 Å². The predicted molar refractivity (Wildman–Crippen MR) is 99.4 cm³/mol. The van der Waals surface area contributed by atoms with E-state index >= 15 is 0 Å². The van der Waals surface area contributed by atoms with Gasteiger partial charge in [0.2, 0.25) is 0 Å². The zero-order valence-corrected chi connectivity index (χ0v) is 14.8. The van der Waals surface area contributed by atoms with Crippen molar-refractivity contribution >= 4 is 16.9 Å². The number of aromatic nitrogens is 3. The summed E-state index contributed by atoms with van der Waals surface area (Å²) < 4.78 is 2.23. The highest BCUT2D eigenvalue weighted by Gasteiger charge is 2.19. The first-order valence-corrected chi connectivity index (χ1v) is 8.87. The van der Waals surface area contributed by atoms with Crippen LogP contribution in [0.4, 0.5) is 0 Å². The molecule has 130 valence electrons. The number of fused-ring (bicyclic) bond motifs is 1. The Bertz CT molecular complexity index is 841. The second-order valence-corrected chi connectivity index (χ2v) is 6.23. The average Bonchev–Trinajstić information content (AvgIpc) is 3.01. The number of pyridine rings is 1. The highest BCUT2D eigenvalue weighted by atomic mass is 16.1.